The maximum atomic E-state index is 9.64. The molecule has 0 unspecified atom stereocenters. The van der Waals surface area contributed by atoms with Gasteiger partial charge in [0.2, 0.25) is 5.69 Å². The molecule has 27 heavy (non-hydrogen) atoms. The lowest BCUT2D eigenvalue weighted by Gasteiger charge is -2.11. The fourth-order valence-corrected chi connectivity index (χ4v) is 3.58. The Bertz CT molecular complexity index is 1220. The highest BCUT2D eigenvalue weighted by Gasteiger charge is 2.23. The fraction of sp³-hybridized carbons (Fsp3) is 0.130. The summed E-state index contributed by atoms with van der Waals surface area (Å²) in [5.41, 5.74) is 6.94. The molecule has 2 heterocycles. The number of hydrogen-bond donors (Lipinski definition) is 0. The van der Waals surface area contributed by atoms with E-state index in [9.17, 15) is 5.26 Å². The van der Waals surface area contributed by atoms with Gasteiger partial charge in [0.05, 0.1) is 24.1 Å². The lowest BCUT2D eigenvalue weighted by Crippen LogP contribution is -2.36. The minimum atomic E-state index is 0.641. The zero-order chi connectivity index (χ0) is 19.0. The van der Waals surface area contributed by atoms with E-state index in [2.05, 4.69) is 41.6 Å². The van der Waals surface area contributed by atoms with Crippen LogP contribution in [0, 0.1) is 25.2 Å². The third kappa shape index (κ3) is 2.84. The molecule has 2 aromatic heterocycles. The van der Waals surface area contributed by atoms with Crippen LogP contribution in [0.3, 0.4) is 0 Å². The summed E-state index contributed by atoms with van der Waals surface area (Å²) in [5, 5.41) is 10.7. The van der Waals surface area contributed by atoms with Crippen LogP contribution < -0.4 is 9.13 Å². The number of aromatic nitrogens is 3. The van der Waals surface area contributed by atoms with Gasteiger partial charge in [-0.1, -0.05) is 18.2 Å². The standard InChI is InChI=1S/C23H20N4/c1-16-8-6-7-11-27(16)22-13-18(14-24)12-20(17(22)2)23-19-9-4-5-10-21(19)25-15-26(23)3/h4-13,15H,1-3H3/q+2. The van der Waals surface area contributed by atoms with Gasteiger partial charge in [-0.2, -0.15) is 9.83 Å². The van der Waals surface area contributed by atoms with Gasteiger partial charge in [-0.15, -0.1) is 0 Å². The Labute approximate surface area is 158 Å². The summed E-state index contributed by atoms with van der Waals surface area (Å²) >= 11 is 0. The van der Waals surface area contributed by atoms with Crippen molar-refractivity contribution in [3.63, 3.8) is 0 Å². The summed E-state index contributed by atoms with van der Waals surface area (Å²) in [6.07, 6.45) is 3.87. The second-order valence-corrected chi connectivity index (χ2v) is 6.71. The molecule has 0 radical (unpaired) electrons. The molecular weight excluding hydrogens is 332 g/mol. The molecule has 0 fully saturated rings. The summed E-state index contributed by atoms with van der Waals surface area (Å²) in [4.78, 5) is 4.53. The summed E-state index contributed by atoms with van der Waals surface area (Å²) in [6, 6.07) is 20.5. The molecule has 130 valence electrons. The highest BCUT2D eigenvalue weighted by molar-refractivity contribution is 5.91. The Morgan fingerprint density at radius 1 is 1.00 bits per heavy atom. The van der Waals surface area contributed by atoms with Crippen LogP contribution in [0.1, 0.15) is 16.8 Å². The number of hydrogen-bond acceptors (Lipinski definition) is 2. The highest BCUT2D eigenvalue weighted by Crippen LogP contribution is 2.30. The van der Waals surface area contributed by atoms with Crippen LogP contribution in [0.5, 0.6) is 0 Å². The molecule has 0 aliphatic rings. The van der Waals surface area contributed by atoms with Crippen molar-refractivity contribution >= 4 is 10.9 Å². The van der Waals surface area contributed by atoms with Crippen LogP contribution in [0.4, 0.5) is 0 Å². The SMILES string of the molecule is Cc1c(-c2c3ccccc3nc[n+]2C)cc(C#N)cc1-[n+]1ccccc1C. The molecule has 0 N–H and O–H groups in total. The van der Waals surface area contributed by atoms with E-state index in [1.165, 1.54) is 0 Å². The van der Waals surface area contributed by atoms with Gasteiger partial charge in [-0.25, -0.2) is 4.57 Å². The van der Waals surface area contributed by atoms with Gasteiger partial charge in [0.25, 0.3) is 6.33 Å². The Morgan fingerprint density at radius 3 is 2.56 bits per heavy atom. The molecule has 0 spiro atoms. The van der Waals surface area contributed by atoms with E-state index in [-0.39, 0.29) is 0 Å². The molecule has 4 heteroatoms. The number of nitrogens with zero attached hydrogens (tertiary/aromatic N) is 4. The van der Waals surface area contributed by atoms with Crippen molar-refractivity contribution in [1.29, 1.82) is 5.26 Å². The van der Waals surface area contributed by atoms with Crippen LogP contribution in [0.15, 0.2) is 67.1 Å². The molecule has 4 rings (SSSR count). The average molecular weight is 352 g/mol. The molecule has 0 aliphatic carbocycles. The summed E-state index contributed by atoms with van der Waals surface area (Å²) in [7, 11) is 1.99. The van der Waals surface area contributed by atoms with E-state index in [0.29, 0.717) is 5.56 Å². The van der Waals surface area contributed by atoms with E-state index < -0.39 is 0 Å². The van der Waals surface area contributed by atoms with Crippen LogP contribution in [0.2, 0.25) is 0 Å². The van der Waals surface area contributed by atoms with Crippen molar-refractivity contribution in [2.24, 2.45) is 7.05 Å². The minimum Gasteiger partial charge on any atom is -0.232 e. The smallest absolute Gasteiger partial charge is 0.232 e. The summed E-state index contributed by atoms with van der Waals surface area (Å²) in [5.74, 6) is 0. The number of pyridine rings is 1. The monoisotopic (exact) mass is 352 g/mol. The number of benzene rings is 2. The van der Waals surface area contributed by atoms with E-state index >= 15 is 0 Å². The third-order valence-corrected chi connectivity index (χ3v) is 4.97. The van der Waals surface area contributed by atoms with Crippen molar-refractivity contribution in [2.45, 2.75) is 13.8 Å². The van der Waals surface area contributed by atoms with Crippen LogP contribution in [-0.2, 0) is 7.05 Å². The van der Waals surface area contributed by atoms with Crippen LogP contribution in [0.25, 0.3) is 27.8 Å². The van der Waals surface area contributed by atoms with Crippen molar-refractivity contribution < 1.29 is 9.13 Å². The Kier molecular flexibility index (Phi) is 4.13. The van der Waals surface area contributed by atoms with Crippen molar-refractivity contribution in [3.8, 4) is 23.0 Å². The third-order valence-electron chi connectivity index (χ3n) is 4.97. The van der Waals surface area contributed by atoms with Gasteiger partial charge in [0.15, 0.2) is 17.4 Å². The molecule has 0 saturated heterocycles. The molecule has 0 saturated carbocycles. The number of nitriles is 1. The summed E-state index contributed by atoms with van der Waals surface area (Å²) < 4.78 is 4.15. The van der Waals surface area contributed by atoms with Crippen LogP contribution >= 0.6 is 0 Å². The molecule has 0 amide bonds. The quantitative estimate of drug-likeness (QED) is 0.518. The van der Waals surface area contributed by atoms with Crippen molar-refractivity contribution in [1.82, 2.24) is 4.98 Å². The number of aryl methyl sites for hydroxylation is 2. The minimum absolute atomic E-state index is 0.641. The predicted molar refractivity (Wildman–Crippen MR) is 104 cm³/mol. The van der Waals surface area contributed by atoms with E-state index in [0.717, 1.165) is 39.1 Å². The summed E-state index contributed by atoms with van der Waals surface area (Å²) in [6.45, 7) is 4.18. The van der Waals surface area contributed by atoms with Gasteiger partial charge in [0.1, 0.15) is 5.69 Å². The van der Waals surface area contributed by atoms with E-state index in [4.69, 9.17) is 0 Å². The predicted octanol–water partition coefficient (Wildman–Crippen LogP) is 3.49. The van der Waals surface area contributed by atoms with Gasteiger partial charge < -0.3 is 0 Å². The maximum absolute atomic E-state index is 9.64. The Hall–Kier alpha value is -3.58. The number of para-hydroxylation sites is 1. The highest BCUT2D eigenvalue weighted by atomic mass is 15.0. The van der Waals surface area contributed by atoms with Crippen molar-refractivity contribution in [3.05, 3.63) is 83.9 Å². The normalized spacial score (nSPS) is 10.7. The van der Waals surface area contributed by atoms with Gasteiger partial charge in [-0.3, -0.25) is 0 Å². The fourth-order valence-electron chi connectivity index (χ4n) is 3.58. The maximum Gasteiger partial charge on any atom is 0.287 e. The molecule has 2 aromatic carbocycles. The van der Waals surface area contributed by atoms with Gasteiger partial charge in [0, 0.05) is 36.2 Å². The van der Waals surface area contributed by atoms with E-state index in [1.807, 2.05) is 66.6 Å². The molecule has 4 nitrogen and oxygen atoms in total. The topological polar surface area (TPSA) is 44.4 Å². The first kappa shape index (κ1) is 16.9. The molecular formula is C23H20N4+2. The lowest BCUT2D eigenvalue weighted by molar-refractivity contribution is -0.662. The molecule has 0 aliphatic heterocycles. The largest absolute Gasteiger partial charge is 0.287 e. The first-order chi connectivity index (χ1) is 13.1. The lowest BCUT2D eigenvalue weighted by atomic mass is 9.97. The first-order valence-corrected chi connectivity index (χ1v) is 8.86. The average Bonchev–Trinajstić information content (AvgIpc) is 2.69. The van der Waals surface area contributed by atoms with E-state index in [1.54, 1.807) is 0 Å². The molecule has 0 bridgehead atoms. The van der Waals surface area contributed by atoms with Crippen molar-refractivity contribution in [2.75, 3.05) is 0 Å². The molecule has 4 aromatic rings. The van der Waals surface area contributed by atoms with Crippen LogP contribution in [-0.4, -0.2) is 4.98 Å². The van der Waals surface area contributed by atoms with Gasteiger partial charge in [-0.05, 0) is 30.1 Å². The number of rotatable bonds is 2. The zero-order valence-corrected chi connectivity index (χ0v) is 15.6. The zero-order valence-electron chi connectivity index (χ0n) is 15.6. The second-order valence-electron chi connectivity index (χ2n) is 6.71. The van der Waals surface area contributed by atoms with Gasteiger partial charge >= 0.3 is 0 Å². The Balaban J connectivity index is 2.10. The first-order valence-electron chi connectivity index (χ1n) is 8.86. The second kappa shape index (κ2) is 6.62. The number of fused-ring (bicyclic) bond motifs is 1. The Morgan fingerprint density at radius 2 is 1.78 bits per heavy atom. The molecule has 0 atom stereocenters.